The number of thiocarbonyl (C=S) groups is 1. The number of benzene rings is 1. The molecule has 1 saturated carbocycles. The monoisotopic (exact) mass is 416 g/mol. The minimum absolute atomic E-state index is 0.0865. The lowest BCUT2D eigenvalue weighted by Gasteiger charge is -2.41. The number of amides is 1. The molecule has 0 spiro atoms. The Hall–Kier alpha value is -2.62. The summed E-state index contributed by atoms with van der Waals surface area (Å²) in [6, 6.07) is 8.29. The number of nitrogens with one attached hydrogen (secondary N) is 2. The molecule has 2 fully saturated rings. The lowest BCUT2D eigenvalue weighted by Crippen LogP contribution is -2.60. The molecule has 2 aromatic rings. The van der Waals surface area contributed by atoms with E-state index in [0.29, 0.717) is 17.3 Å². The van der Waals surface area contributed by atoms with Gasteiger partial charge in [-0.2, -0.15) is 0 Å². The number of aliphatic hydroxyl groups is 2. The Kier molecular flexibility index (Phi) is 5.44. The van der Waals surface area contributed by atoms with E-state index in [1.807, 2.05) is 6.07 Å². The van der Waals surface area contributed by atoms with Crippen molar-refractivity contribution in [3.63, 3.8) is 0 Å². The molecule has 1 amide bonds. The van der Waals surface area contributed by atoms with Gasteiger partial charge in [0.2, 0.25) is 5.91 Å². The molecule has 29 heavy (non-hydrogen) atoms. The third-order valence-electron chi connectivity index (χ3n) is 5.48. The van der Waals surface area contributed by atoms with E-state index in [4.69, 9.17) is 12.2 Å². The summed E-state index contributed by atoms with van der Waals surface area (Å²) in [6.07, 6.45) is 1.27. The summed E-state index contributed by atoms with van der Waals surface area (Å²) in [5.41, 5.74) is 1.47. The standard InChI is InChI=1S/C20H21FN4O3S/c21-12-3-5-13(6-4-12)25-17-14(8-15(26)18(27)16(17)24-20(25)29)19(28)23-10-11-2-1-7-22-9-11/h1-7,9,14-18,26-27H,8,10H2,(H,23,28)(H,24,29). The van der Waals surface area contributed by atoms with Crippen molar-refractivity contribution in [2.45, 2.75) is 37.3 Å². The highest BCUT2D eigenvalue weighted by molar-refractivity contribution is 7.80. The van der Waals surface area contributed by atoms with Crippen LogP contribution in [0.15, 0.2) is 48.8 Å². The first-order chi connectivity index (χ1) is 14.0. The second-order valence-corrected chi connectivity index (χ2v) is 7.68. The summed E-state index contributed by atoms with van der Waals surface area (Å²) in [5.74, 6) is -1.27. The molecule has 152 valence electrons. The van der Waals surface area contributed by atoms with Crippen LogP contribution in [0.5, 0.6) is 0 Å². The zero-order chi connectivity index (χ0) is 20.5. The molecule has 9 heteroatoms. The second kappa shape index (κ2) is 8.02. The molecule has 1 aromatic carbocycles. The van der Waals surface area contributed by atoms with E-state index in [-0.39, 0.29) is 18.1 Å². The highest BCUT2D eigenvalue weighted by atomic mass is 32.1. The van der Waals surface area contributed by atoms with Crippen molar-refractivity contribution in [1.82, 2.24) is 15.6 Å². The minimum Gasteiger partial charge on any atom is -0.390 e. The molecule has 1 saturated heterocycles. The van der Waals surface area contributed by atoms with Crippen molar-refractivity contribution in [3.05, 3.63) is 60.2 Å². The van der Waals surface area contributed by atoms with Gasteiger partial charge in [0.05, 0.1) is 24.1 Å². The lowest BCUT2D eigenvalue weighted by atomic mass is 9.77. The first-order valence-electron chi connectivity index (χ1n) is 9.34. The Morgan fingerprint density at radius 2 is 2.07 bits per heavy atom. The van der Waals surface area contributed by atoms with Crippen molar-refractivity contribution in [1.29, 1.82) is 0 Å². The molecule has 4 N–H and O–H groups in total. The Bertz CT molecular complexity index is 898. The van der Waals surface area contributed by atoms with E-state index in [1.54, 1.807) is 35.5 Å². The predicted molar refractivity (Wildman–Crippen MR) is 108 cm³/mol. The van der Waals surface area contributed by atoms with E-state index in [2.05, 4.69) is 15.6 Å². The van der Waals surface area contributed by atoms with E-state index >= 15 is 0 Å². The van der Waals surface area contributed by atoms with Gasteiger partial charge < -0.3 is 25.7 Å². The first-order valence-corrected chi connectivity index (χ1v) is 9.74. The van der Waals surface area contributed by atoms with E-state index in [9.17, 15) is 19.4 Å². The van der Waals surface area contributed by atoms with Crippen molar-refractivity contribution in [2.24, 2.45) is 5.92 Å². The molecular formula is C20H21FN4O3S. The average Bonchev–Trinajstić information content (AvgIpc) is 3.07. The number of fused-ring (bicyclic) bond motifs is 1. The Morgan fingerprint density at radius 3 is 2.76 bits per heavy atom. The molecule has 2 heterocycles. The van der Waals surface area contributed by atoms with Gasteiger partial charge in [-0.3, -0.25) is 9.78 Å². The van der Waals surface area contributed by atoms with Crippen molar-refractivity contribution < 1.29 is 19.4 Å². The first kappa shape index (κ1) is 19.7. The number of aromatic nitrogens is 1. The fourth-order valence-electron chi connectivity index (χ4n) is 4.07. The van der Waals surface area contributed by atoms with Crippen LogP contribution in [0.25, 0.3) is 0 Å². The third kappa shape index (κ3) is 3.81. The zero-order valence-corrected chi connectivity index (χ0v) is 16.2. The summed E-state index contributed by atoms with van der Waals surface area (Å²) in [6.45, 7) is 0.299. The number of hydrogen-bond acceptors (Lipinski definition) is 5. The largest absolute Gasteiger partial charge is 0.390 e. The summed E-state index contributed by atoms with van der Waals surface area (Å²) in [7, 11) is 0. The Morgan fingerprint density at radius 1 is 1.31 bits per heavy atom. The molecule has 1 aliphatic heterocycles. The number of hydrogen-bond donors (Lipinski definition) is 4. The van der Waals surface area contributed by atoms with Gasteiger partial charge in [0.1, 0.15) is 11.9 Å². The molecule has 0 bridgehead atoms. The van der Waals surface area contributed by atoms with Crippen molar-refractivity contribution in [3.8, 4) is 0 Å². The summed E-state index contributed by atoms with van der Waals surface area (Å²) < 4.78 is 13.4. The smallest absolute Gasteiger partial charge is 0.225 e. The molecule has 2 aliphatic rings. The topological polar surface area (TPSA) is 97.7 Å². The van der Waals surface area contributed by atoms with E-state index < -0.39 is 30.2 Å². The van der Waals surface area contributed by atoms with Crippen LogP contribution in [-0.2, 0) is 11.3 Å². The fraction of sp³-hybridized carbons (Fsp3) is 0.350. The quantitative estimate of drug-likeness (QED) is 0.545. The van der Waals surface area contributed by atoms with Crippen molar-refractivity contribution in [2.75, 3.05) is 4.90 Å². The molecule has 1 aliphatic carbocycles. The number of halogens is 1. The maximum atomic E-state index is 13.4. The summed E-state index contributed by atoms with van der Waals surface area (Å²) in [4.78, 5) is 18.8. The number of carbonyl (C=O) groups excluding carboxylic acids is 1. The van der Waals surface area contributed by atoms with Crippen molar-refractivity contribution >= 4 is 28.9 Å². The number of anilines is 1. The van der Waals surface area contributed by atoms with Crippen LogP contribution < -0.4 is 15.5 Å². The second-order valence-electron chi connectivity index (χ2n) is 7.29. The van der Waals surface area contributed by atoms with E-state index in [0.717, 1.165) is 5.56 Å². The molecule has 5 unspecified atom stereocenters. The van der Waals surface area contributed by atoms with Crippen LogP contribution >= 0.6 is 12.2 Å². The van der Waals surface area contributed by atoms with Crippen LogP contribution in [0.1, 0.15) is 12.0 Å². The minimum atomic E-state index is -1.08. The van der Waals surface area contributed by atoms with Crippen LogP contribution in [0.4, 0.5) is 10.1 Å². The predicted octanol–water partition coefficient (Wildman–Crippen LogP) is 0.710. The molecular weight excluding hydrogens is 395 g/mol. The SMILES string of the molecule is O=C(NCc1cccnc1)C1CC(O)C(O)C2NC(=S)N(c3ccc(F)cc3)C12. The number of aliphatic hydroxyl groups excluding tert-OH is 2. The Labute approximate surface area is 172 Å². The number of carbonyl (C=O) groups is 1. The summed E-state index contributed by atoms with van der Waals surface area (Å²) in [5, 5.41) is 27.0. The Balaban J connectivity index is 1.60. The van der Waals surface area contributed by atoms with Crippen LogP contribution in [0.3, 0.4) is 0 Å². The summed E-state index contributed by atoms with van der Waals surface area (Å²) >= 11 is 5.43. The van der Waals surface area contributed by atoms with Crippen LogP contribution in [0, 0.1) is 11.7 Å². The molecule has 4 rings (SSSR count). The van der Waals surface area contributed by atoms with E-state index in [1.165, 1.54) is 12.1 Å². The van der Waals surface area contributed by atoms with Gasteiger partial charge in [-0.1, -0.05) is 6.07 Å². The van der Waals surface area contributed by atoms with Gasteiger partial charge in [-0.05, 0) is 54.5 Å². The van der Waals surface area contributed by atoms with Gasteiger partial charge in [0.25, 0.3) is 0 Å². The number of nitrogens with zero attached hydrogens (tertiary/aromatic N) is 2. The zero-order valence-electron chi connectivity index (χ0n) is 15.4. The fourth-order valence-corrected chi connectivity index (χ4v) is 4.43. The van der Waals surface area contributed by atoms with Gasteiger partial charge in [0.15, 0.2) is 5.11 Å². The van der Waals surface area contributed by atoms with Gasteiger partial charge in [-0.25, -0.2) is 4.39 Å². The molecule has 5 atom stereocenters. The van der Waals surface area contributed by atoms with Gasteiger partial charge in [-0.15, -0.1) is 0 Å². The van der Waals surface area contributed by atoms with Crippen LogP contribution in [-0.4, -0.2) is 50.5 Å². The maximum absolute atomic E-state index is 13.4. The normalized spacial score (nSPS) is 28.6. The van der Waals surface area contributed by atoms with Gasteiger partial charge >= 0.3 is 0 Å². The average molecular weight is 416 g/mol. The highest BCUT2D eigenvalue weighted by Crippen LogP contribution is 2.36. The lowest BCUT2D eigenvalue weighted by molar-refractivity contribution is -0.131. The third-order valence-corrected chi connectivity index (χ3v) is 5.79. The molecule has 7 nitrogen and oxygen atoms in total. The van der Waals surface area contributed by atoms with Crippen LogP contribution in [0.2, 0.25) is 0 Å². The molecule has 1 aromatic heterocycles. The highest BCUT2D eigenvalue weighted by Gasteiger charge is 2.53. The molecule has 0 radical (unpaired) electrons. The number of pyridine rings is 1. The maximum Gasteiger partial charge on any atom is 0.225 e. The van der Waals surface area contributed by atoms with Gasteiger partial charge in [0, 0.05) is 24.6 Å². The number of rotatable bonds is 4.